The minimum atomic E-state index is -2.96. The van der Waals surface area contributed by atoms with Crippen molar-refractivity contribution in [1.29, 1.82) is 0 Å². The Morgan fingerprint density at radius 3 is 2.72 bits per heavy atom. The molecule has 0 aromatic rings. The highest BCUT2D eigenvalue weighted by atomic mass is 32.2. The number of hydrogen-bond acceptors (Lipinski definition) is 6. The third-order valence-electron chi connectivity index (χ3n) is 3.00. The fourth-order valence-corrected chi connectivity index (χ4v) is 4.89. The predicted molar refractivity (Wildman–Crippen MR) is 79.0 cm³/mol. The van der Waals surface area contributed by atoms with E-state index in [0.29, 0.717) is 5.75 Å². The van der Waals surface area contributed by atoms with Crippen LogP contribution in [0.25, 0.3) is 0 Å². The minimum absolute atomic E-state index is 0.299. The van der Waals surface area contributed by atoms with E-state index in [-0.39, 0.29) is 5.37 Å². The van der Waals surface area contributed by atoms with Gasteiger partial charge in [0.2, 0.25) is 0 Å². The first kappa shape index (κ1) is 16.2. The van der Waals surface area contributed by atoms with Crippen LogP contribution in [0.5, 0.6) is 0 Å². The van der Waals surface area contributed by atoms with Gasteiger partial charge in [-0.05, 0) is 14.1 Å². The normalized spacial score (nSPS) is 22.6. The van der Waals surface area contributed by atoms with Crippen molar-refractivity contribution >= 4 is 21.6 Å². The molecule has 1 aliphatic rings. The Hall–Kier alpha value is 0.180. The molecule has 5 nitrogen and oxygen atoms in total. The van der Waals surface area contributed by atoms with Crippen molar-refractivity contribution in [1.82, 2.24) is 15.1 Å². The number of thioether (sulfide) groups is 1. The molecule has 108 valence electrons. The summed E-state index contributed by atoms with van der Waals surface area (Å²) in [6, 6.07) is 0. The summed E-state index contributed by atoms with van der Waals surface area (Å²) in [6.07, 6.45) is 1.34. The molecule has 1 aliphatic heterocycles. The van der Waals surface area contributed by atoms with Crippen LogP contribution in [0, 0.1) is 0 Å². The number of nitrogens with one attached hydrogen (secondary N) is 1. The highest BCUT2D eigenvalue weighted by Gasteiger charge is 2.30. The molecule has 1 atom stereocenters. The molecule has 18 heavy (non-hydrogen) atoms. The van der Waals surface area contributed by atoms with E-state index in [1.54, 1.807) is 11.8 Å². The van der Waals surface area contributed by atoms with Gasteiger partial charge in [-0.25, -0.2) is 8.42 Å². The van der Waals surface area contributed by atoms with Crippen molar-refractivity contribution in [2.75, 3.05) is 64.6 Å². The Morgan fingerprint density at radius 2 is 2.11 bits per heavy atom. The maximum atomic E-state index is 11.7. The van der Waals surface area contributed by atoms with E-state index in [2.05, 4.69) is 15.1 Å². The van der Waals surface area contributed by atoms with Crippen molar-refractivity contribution in [3.8, 4) is 0 Å². The van der Waals surface area contributed by atoms with Crippen molar-refractivity contribution < 1.29 is 8.42 Å². The summed E-state index contributed by atoms with van der Waals surface area (Å²) >= 11 is 1.73. The molecule has 7 heteroatoms. The highest BCUT2D eigenvalue weighted by molar-refractivity contribution is 8.00. The maximum Gasteiger partial charge on any atom is 0.164 e. The molecule has 1 rings (SSSR count). The van der Waals surface area contributed by atoms with Crippen LogP contribution >= 0.6 is 11.8 Å². The summed E-state index contributed by atoms with van der Waals surface area (Å²) < 4.78 is 23.4. The molecule has 1 N–H and O–H groups in total. The lowest BCUT2D eigenvalue weighted by molar-refractivity contribution is 0.268. The summed E-state index contributed by atoms with van der Waals surface area (Å²) in [7, 11) is 1.13. The quantitative estimate of drug-likeness (QED) is 0.643. The van der Waals surface area contributed by atoms with Gasteiger partial charge in [-0.2, -0.15) is 11.8 Å². The Kier molecular flexibility index (Phi) is 6.94. The summed E-state index contributed by atoms with van der Waals surface area (Å²) in [5, 5.41) is 3.05. The van der Waals surface area contributed by atoms with E-state index < -0.39 is 9.84 Å². The zero-order valence-corrected chi connectivity index (χ0v) is 13.2. The van der Waals surface area contributed by atoms with Gasteiger partial charge in [0.1, 0.15) is 5.37 Å². The predicted octanol–water partition coefficient (Wildman–Crippen LogP) is -0.443. The number of rotatable bonds is 7. The number of hydrogen-bond donors (Lipinski definition) is 1. The van der Waals surface area contributed by atoms with Gasteiger partial charge in [-0.1, -0.05) is 0 Å². The Balaban J connectivity index is 2.30. The van der Waals surface area contributed by atoms with Crippen LogP contribution in [-0.4, -0.2) is 88.2 Å². The van der Waals surface area contributed by atoms with Gasteiger partial charge in [-0.15, -0.1) is 0 Å². The second-order valence-electron chi connectivity index (χ2n) is 4.95. The first-order valence-electron chi connectivity index (χ1n) is 6.27. The van der Waals surface area contributed by atoms with E-state index in [0.717, 1.165) is 38.5 Å². The van der Waals surface area contributed by atoms with Crippen molar-refractivity contribution in [2.24, 2.45) is 0 Å². The van der Waals surface area contributed by atoms with Crippen LogP contribution in [0.4, 0.5) is 0 Å². The fraction of sp³-hybridized carbons (Fsp3) is 1.00. The summed E-state index contributed by atoms with van der Waals surface area (Å²) in [4.78, 5) is 4.22. The lowest BCUT2D eigenvalue weighted by Gasteiger charge is -2.34. The highest BCUT2D eigenvalue weighted by Crippen LogP contribution is 2.19. The molecule has 0 aromatic heterocycles. The van der Waals surface area contributed by atoms with Crippen LogP contribution in [-0.2, 0) is 9.84 Å². The molecule has 0 saturated carbocycles. The van der Waals surface area contributed by atoms with Gasteiger partial charge in [0.05, 0.1) is 0 Å². The molecule has 0 spiro atoms. The molecular weight excluding hydrogens is 270 g/mol. The van der Waals surface area contributed by atoms with E-state index in [1.165, 1.54) is 6.26 Å². The summed E-state index contributed by atoms with van der Waals surface area (Å²) in [6.45, 7) is 4.48. The van der Waals surface area contributed by atoms with Crippen LogP contribution in [0.3, 0.4) is 0 Å². The number of nitrogens with zero attached hydrogens (tertiary/aromatic N) is 2. The lowest BCUT2D eigenvalue weighted by Crippen LogP contribution is -2.49. The first-order chi connectivity index (χ1) is 8.41. The second kappa shape index (κ2) is 7.69. The largest absolute Gasteiger partial charge is 0.314 e. The van der Waals surface area contributed by atoms with E-state index in [1.807, 2.05) is 14.1 Å². The molecule has 1 unspecified atom stereocenters. The molecule has 0 aliphatic carbocycles. The van der Waals surface area contributed by atoms with Crippen LogP contribution in [0.15, 0.2) is 0 Å². The van der Waals surface area contributed by atoms with Gasteiger partial charge in [0.15, 0.2) is 9.84 Å². The third-order valence-corrected chi connectivity index (χ3v) is 5.68. The SMILES string of the molecule is CN(C)CCNCCN1CCSCC1S(C)(=O)=O. The van der Waals surface area contributed by atoms with Crippen molar-refractivity contribution in [3.05, 3.63) is 0 Å². The van der Waals surface area contributed by atoms with Gasteiger partial charge in [0, 0.05) is 50.5 Å². The van der Waals surface area contributed by atoms with E-state index in [4.69, 9.17) is 0 Å². The molecule has 1 heterocycles. The summed E-state index contributed by atoms with van der Waals surface area (Å²) in [5.74, 6) is 1.74. The molecule has 0 radical (unpaired) electrons. The Bertz CT molecular complexity index is 333. The third kappa shape index (κ3) is 5.88. The van der Waals surface area contributed by atoms with Crippen LogP contribution in [0.1, 0.15) is 0 Å². The molecule has 0 bridgehead atoms. The molecule has 0 aromatic carbocycles. The fourth-order valence-electron chi connectivity index (χ4n) is 1.92. The Labute approximate surface area is 115 Å². The number of likely N-dealkylation sites (N-methyl/N-ethyl adjacent to an activating group) is 1. The minimum Gasteiger partial charge on any atom is -0.314 e. The average molecular weight is 295 g/mol. The second-order valence-corrected chi connectivity index (χ2v) is 8.30. The first-order valence-corrected chi connectivity index (χ1v) is 9.38. The van der Waals surface area contributed by atoms with E-state index in [9.17, 15) is 8.42 Å². The van der Waals surface area contributed by atoms with Crippen molar-refractivity contribution in [2.45, 2.75) is 5.37 Å². The van der Waals surface area contributed by atoms with Crippen LogP contribution in [0.2, 0.25) is 0 Å². The molecular formula is C11H25N3O2S2. The lowest BCUT2D eigenvalue weighted by atomic mass is 10.4. The van der Waals surface area contributed by atoms with Gasteiger partial charge in [0.25, 0.3) is 0 Å². The molecule has 1 fully saturated rings. The van der Waals surface area contributed by atoms with Gasteiger partial charge >= 0.3 is 0 Å². The van der Waals surface area contributed by atoms with E-state index >= 15 is 0 Å². The standard InChI is InChI=1S/C11H25N3O2S2/c1-13(2)6-4-12-5-7-14-8-9-17-10-11(14)18(3,15)16/h11-12H,4-10H2,1-3H3. The molecule has 1 saturated heterocycles. The number of sulfone groups is 1. The Morgan fingerprint density at radius 1 is 1.39 bits per heavy atom. The maximum absolute atomic E-state index is 11.7. The average Bonchev–Trinajstić information content (AvgIpc) is 2.27. The zero-order valence-electron chi connectivity index (χ0n) is 11.6. The smallest absolute Gasteiger partial charge is 0.164 e. The topological polar surface area (TPSA) is 52.6 Å². The molecule has 0 amide bonds. The zero-order chi connectivity index (χ0) is 13.6. The monoisotopic (exact) mass is 295 g/mol. The van der Waals surface area contributed by atoms with Crippen LogP contribution < -0.4 is 5.32 Å². The van der Waals surface area contributed by atoms with Gasteiger partial charge < -0.3 is 10.2 Å². The van der Waals surface area contributed by atoms with Crippen molar-refractivity contribution in [3.63, 3.8) is 0 Å². The van der Waals surface area contributed by atoms with Gasteiger partial charge in [-0.3, -0.25) is 4.90 Å². The summed E-state index contributed by atoms with van der Waals surface area (Å²) in [5.41, 5.74) is 0.